The summed E-state index contributed by atoms with van der Waals surface area (Å²) in [5, 5.41) is 11.6. The highest BCUT2D eigenvalue weighted by atomic mass is 16.5. The Hall–Kier alpha value is -2.82. The molecule has 5 nitrogen and oxygen atoms in total. The lowest BCUT2D eigenvalue weighted by atomic mass is 10.1. The Morgan fingerprint density at radius 1 is 1.08 bits per heavy atom. The molecule has 0 radical (unpaired) electrons. The van der Waals surface area contributed by atoms with Crippen LogP contribution in [0.1, 0.15) is 31.4 Å². The summed E-state index contributed by atoms with van der Waals surface area (Å²) in [7, 11) is 0. The lowest BCUT2D eigenvalue weighted by Gasteiger charge is -2.14. The number of amides is 1. The van der Waals surface area contributed by atoms with E-state index in [4.69, 9.17) is 9.84 Å². The highest BCUT2D eigenvalue weighted by molar-refractivity contribution is 5.92. The van der Waals surface area contributed by atoms with Gasteiger partial charge in [0, 0.05) is 17.7 Å². The fraction of sp³-hybridized carbons (Fsp3) is 0.300. The smallest absolute Gasteiger partial charge is 0.303 e. The molecule has 2 N–H and O–H groups in total. The van der Waals surface area contributed by atoms with Gasteiger partial charge in [0.25, 0.3) is 0 Å². The Morgan fingerprint density at radius 3 is 2.40 bits per heavy atom. The number of benzene rings is 2. The summed E-state index contributed by atoms with van der Waals surface area (Å²) in [5.41, 5.74) is 2.45. The van der Waals surface area contributed by atoms with Crippen LogP contribution in [0.5, 0.6) is 5.75 Å². The fourth-order valence-electron chi connectivity index (χ4n) is 2.40. The van der Waals surface area contributed by atoms with E-state index in [9.17, 15) is 9.59 Å². The molecular weight excluding hydrogens is 318 g/mol. The monoisotopic (exact) mass is 341 g/mol. The minimum absolute atomic E-state index is 0.0440. The first kappa shape index (κ1) is 18.5. The van der Waals surface area contributed by atoms with Gasteiger partial charge in [-0.25, -0.2) is 0 Å². The number of carboxylic acid groups (broad SMARTS) is 1. The maximum Gasteiger partial charge on any atom is 0.303 e. The SMILES string of the molecule is CC(C)Oc1ccccc1CC(=O)Nc1ccc(CCC(=O)O)cc1. The van der Waals surface area contributed by atoms with Gasteiger partial charge in [-0.3, -0.25) is 9.59 Å². The van der Waals surface area contributed by atoms with Crippen LogP contribution in [-0.4, -0.2) is 23.1 Å². The van der Waals surface area contributed by atoms with Crippen LogP contribution in [0.3, 0.4) is 0 Å². The fourth-order valence-corrected chi connectivity index (χ4v) is 2.40. The number of ether oxygens (including phenoxy) is 1. The van der Waals surface area contributed by atoms with Crippen molar-refractivity contribution in [3.63, 3.8) is 0 Å². The number of hydrogen-bond donors (Lipinski definition) is 2. The van der Waals surface area contributed by atoms with E-state index in [1.165, 1.54) is 0 Å². The second kappa shape index (κ2) is 8.87. The predicted molar refractivity (Wildman–Crippen MR) is 96.9 cm³/mol. The van der Waals surface area contributed by atoms with Crippen molar-refractivity contribution in [3.05, 3.63) is 59.7 Å². The number of nitrogens with one attached hydrogen (secondary N) is 1. The molecule has 1 amide bonds. The molecule has 0 bridgehead atoms. The third-order valence-corrected chi connectivity index (χ3v) is 3.55. The first-order valence-corrected chi connectivity index (χ1v) is 8.29. The average molecular weight is 341 g/mol. The van der Waals surface area contributed by atoms with E-state index in [1.54, 1.807) is 12.1 Å². The maximum absolute atomic E-state index is 12.3. The molecule has 0 unspecified atom stereocenters. The lowest BCUT2D eigenvalue weighted by molar-refractivity contribution is -0.137. The summed E-state index contributed by atoms with van der Waals surface area (Å²) in [6.07, 6.45) is 0.841. The summed E-state index contributed by atoms with van der Waals surface area (Å²) in [6.45, 7) is 3.89. The number of carbonyl (C=O) groups excluding carboxylic acids is 1. The summed E-state index contributed by atoms with van der Waals surface area (Å²) in [4.78, 5) is 22.9. The Bertz CT molecular complexity index is 723. The maximum atomic E-state index is 12.3. The molecule has 0 saturated carbocycles. The van der Waals surface area contributed by atoms with Gasteiger partial charge in [0.2, 0.25) is 5.91 Å². The van der Waals surface area contributed by atoms with Gasteiger partial charge in [-0.2, -0.15) is 0 Å². The van der Waals surface area contributed by atoms with E-state index in [2.05, 4.69) is 5.32 Å². The minimum atomic E-state index is -0.820. The molecule has 2 rings (SSSR count). The normalized spacial score (nSPS) is 10.5. The first-order valence-electron chi connectivity index (χ1n) is 8.29. The van der Waals surface area contributed by atoms with Crippen LogP contribution in [-0.2, 0) is 22.4 Å². The third kappa shape index (κ3) is 6.30. The van der Waals surface area contributed by atoms with Crippen LogP contribution >= 0.6 is 0 Å². The zero-order valence-electron chi connectivity index (χ0n) is 14.5. The van der Waals surface area contributed by atoms with Crippen LogP contribution in [0.25, 0.3) is 0 Å². The Kier molecular flexibility index (Phi) is 6.57. The van der Waals surface area contributed by atoms with Crippen molar-refractivity contribution in [1.29, 1.82) is 0 Å². The van der Waals surface area contributed by atoms with Gasteiger partial charge in [-0.15, -0.1) is 0 Å². The Balaban J connectivity index is 1.95. The second-order valence-electron chi connectivity index (χ2n) is 6.09. The molecule has 0 saturated heterocycles. The molecule has 0 aliphatic carbocycles. The van der Waals surface area contributed by atoms with Crippen molar-refractivity contribution >= 4 is 17.6 Å². The molecule has 2 aromatic carbocycles. The van der Waals surface area contributed by atoms with Crippen molar-refractivity contribution in [2.24, 2.45) is 0 Å². The number of hydrogen-bond acceptors (Lipinski definition) is 3. The van der Waals surface area contributed by atoms with Crippen LogP contribution in [0, 0.1) is 0 Å². The number of aryl methyl sites for hydroxylation is 1. The molecule has 25 heavy (non-hydrogen) atoms. The van der Waals surface area contributed by atoms with Gasteiger partial charge in [0.1, 0.15) is 5.75 Å². The van der Waals surface area contributed by atoms with E-state index in [-0.39, 0.29) is 24.9 Å². The van der Waals surface area contributed by atoms with Gasteiger partial charge in [0.05, 0.1) is 12.5 Å². The largest absolute Gasteiger partial charge is 0.491 e. The molecule has 0 spiro atoms. The summed E-state index contributed by atoms with van der Waals surface area (Å²) >= 11 is 0. The van der Waals surface area contributed by atoms with Gasteiger partial charge >= 0.3 is 5.97 Å². The number of carboxylic acids is 1. The first-order chi connectivity index (χ1) is 11.9. The molecule has 0 atom stereocenters. The number of para-hydroxylation sites is 1. The van der Waals surface area contributed by atoms with Crippen molar-refractivity contribution < 1.29 is 19.4 Å². The topological polar surface area (TPSA) is 75.6 Å². The van der Waals surface area contributed by atoms with Gasteiger partial charge < -0.3 is 15.2 Å². The molecule has 0 aliphatic rings. The summed E-state index contributed by atoms with van der Waals surface area (Å²) < 4.78 is 5.73. The van der Waals surface area contributed by atoms with Crippen LogP contribution in [0.15, 0.2) is 48.5 Å². The van der Waals surface area contributed by atoms with Crippen molar-refractivity contribution in [1.82, 2.24) is 0 Å². The van der Waals surface area contributed by atoms with E-state index in [0.717, 1.165) is 16.9 Å². The number of aliphatic carboxylic acids is 1. The quantitative estimate of drug-likeness (QED) is 0.768. The minimum Gasteiger partial charge on any atom is -0.491 e. The Labute approximate surface area is 147 Å². The van der Waals surface area contributed by atoms with E-state index >= 15 is 0 Å². The van der Waals surface area contributed by atoms with Gasteiger partial charge in [0.15, 0.2) is 0 Å². The summed E-state index contributed by atoms with van der Waals surface area (Å²) in [6, 6.07) is 14.7. The van der Waals surface area contributed by atoms with Crippen LogP contribution in [0.2, 0.25) is 0 Å². The molecule has 0 fully saturated rings. The Morgan fingerprint density at radius 2 is 1.76 bits per heavy atom. The molecule has 0 heterocycles. The molecular formula is C20H23NO4. The van der Waals surface area contributed by atoms with E-state index < -0.39 is 5.97 Å². The molecule has 5 heteroatoms. The predicted octanol–water partition coefficient (Wildman–Crippen LogP) is 3.67. The lowest BCUT2D eigenvalue weighted by Crippen LogP contribution is -2.16. The number of rotatable bonds is 8. The van der Waals surface area contributed by atoms with E-state index in [1.807, 2.05) is 50.2 Å². The standard InChI is InChI=1S/C20H23NO4/c1-14(2)25-18-6-4-3-5-16(18)13-19(22)21-17-10-7-15(8-11-17)9-12-20(23)24/h3-8,10-11,14H,9,12-13H2,1-2H3,(H,21,22)(H,23,24). The van der Waals surface area contributed by atoms with Crippen LogP contribution in [0.4, 0.5) is 5.69 Å². The second-order valence-corrected chi connectivity index (χ2v) is 6.09. The molecule has 0 aromatic heterocycles. The molecule has 2 aromatic rings. The highest BCUT2D eigenvalue weighted by Gasteiger charge is 2.10. The van der Waals surface area contributed by atoms with Crippen LogP contribution < -0.4 is 10.1 Å². The third-order valence-electron chi connectivity index (χ3n) is 3.55. The summed E-state index contributed by atoms with van der Waals surface area (Å²) in [5.74, 6) is -0.227. The average Bonchev–Trinajstić information content (AvgIpc) is 2.55. The molecule has 0 aliphatic heterocycles. The van der Waals surface area contributed by atoms with Crippen molar-refractivity contribution in [3.8, 4) is 5.75 Å². The van der Waals surface area contributed by atoms with Gasteiger partial charge in [-0.1, -0.05) is 30.3 Å². The zero-order valence-corrected chi connectivity index (χ0v) is 14.5. The number of anilines is 1. The van der Waals surface area contributed by atoms with Crippen molar-refractivity contribution in [2.45, 2.75) is 39.2 Å². The zero-order chi connectivity index (χ0) is 18.2. The van der Waals surface area contributed by atoms with E-state index in [0.29, 0.717) is 12.1 Å². The highest BCUT2D eigenvalue weighted by Crippen LogP contribution is 2.20. The number of carbonyl (C=O) groups is 2. The molecule has 132 valence electrons. The van der Waals surface area contributed by atoms with Crippen molar-refractivity contribution in [2.75, 3.05) is 5.32 Å². The van der Waals surface area contributed by atoms with Gasteiger partial charge in [-0.05, 0) is 44.0 Å².